The number of urea groups is 1. The fourth-order valence-corrected chi connectivity index (χ4v) is 2.12. The van der Waals surface area contributed by atoms with Gasteiger partial charge in [0.15, 0.2) is 5.82 Å². The number of nitrogens with zero attached hydrogens (tertiary/aromatic N) is 3. The van der Waals surface area contributed by atoms with E-state index in [1.807, 2.05) is 26.0 Å². The van der Waals surface area contributed by atoms with Crippen molar-refractivity contribution in [1.82, 2.24) is 25.7 Å². The lowest BCUT2D eigenvalue weighted by Gasteiger charge is -2.17. The maximum atomic E-state index is 12.0. The van der Waals surface area contributed by atoms with Gasteiger partial charge in [0, 0.05) is 23.6 Å². The highest BCUT2D eigenvalue weighted by Crippen LogP contribution is 2.19. The largest absolute Gasteiger partial charge is 0.335 e. The lowest BCUT2D eigenvalue weighted by Crippen LogP contribution is -2.37. The number of hydrogen-bond acceptors (Lipinski definition) is 4. The van der Waals surface area contributed by atoms with E-state index in [1.54, 1.807) is 6.07 Å². The molecular formula is C16H24N6O. The number of aryl methyl sites for hydroxylation is 1. The summed E-state index contributed by atoms with van der Waals surface area (Å²) in [5.41, 5.74) is 2.74. The van der Waals surface area contributed by atoms with Gasteiger partial charge in [0.05, 0.1) is 11.4 Å². The molecule has 7 nitrogen and oxygen atoms in total. The van der Waals surface area contributed by atoms with Crippen LogP contribution < -0.4 is 10.6 Å². The average Bonchev–Trinajstić information content (AvgIpc) is 2.83. The van der Waals surface area contributed by atoms with E-state index in [0.29, 0.717) is 12.2 Å². The summed E-state index contributed by atoms with van der Waals surface area (Å²) in [6, 6.07) is 5.25. The van der Waals surface area contributed by atoms with Crippen molar-refractivity contribution in [2.45, 2.75) is 52.5 Å². The zero-order valence-electron chi connectivity index (χ0n) is 14.3. The van der Waals surface area contributed by atoms with Crippen LogP contribution in [0, 0.1) is 6.92 Å². The highest BCUT2D eigenvalue weighted by molar-refractivity contribution is 5.88. The van der Waals surface area contributed by atoms with Crippen LogP contribution in [-0.4, -0.2) is 32.5 Å². The highest BCUT2D eigenvalue weighted by atomic mass is 16.2. The van der Waals surface area contributed by atoms with E-state index in [-0.39, 0.29) is 17.5 Å². The summed E-state index contributed by atoms with van der Waals surface area (Å²) in [6.45, 7) is 10.1. The number of hydrogen-bond donors (Lipinski definition) is 3. The molecule has 0 saturated carbocycles. The molecule has 124 valence electrons. The van der Waals surface area contributed by atoms with Crippen LogP contribution in [0.5, 0.6) is 0 Å². The third kappa shape index (κ3) is 5.05. The second kappa shape index (κ2) is 6.76. The van der Waals surface area contributed by atoms with Crippen molar-refractivity contribution >= 4 is 11.8 Å². The molecule has 3 N–H and O–H groups in total. The van der Waals surface area contributed by atoms with E-state index in [2.05, 4.69) is 51.8 Å². The molecule has 7 heteroatoms. The zero-order chi connectivity index (χ0) is 17.0. The molecule has 0 spiro atoms. The molecule has 2 aromatic rings. The van der Waals surface area contributed by atoms with Gasteiger partial charge >= 0.3 is 6.03 Å². The van der Waals surface area contributed by atoms with Crippen LogP contribution in [0.3, 0.4) is 0 Å². The van der Waals surface area contributed by atoms with Gasteiger partial charge in [-0.1, -0.05) is 20.8 Å². The summed E-state index contributed by atoms with van der Waals surface area (Å²) < 4.78 is 0. The predicted octanol–water partition coefficient (Wildman–Crippen LogP) is 2.56. The summed E-state index contributed by atoms with van der Waals surface area (Å²) in [7, 11) is 0. The third-order valence-electron chi connectivity index (χ3n) is 3.33. The SMILES string of the molecule is Cc1cc(C[C@H](C)NC(=O)Nc2ccc(C(C)(C)C)nn2)n[nH]1. The van der Waals surface area contributed by atoms with Crippen molar-refractivity contribution in [2.24, 2.45) is 0 Å². The van der Waals surface area contributed by atoms with Crippen molar-refractivity contribution < 1.29 is 4.79 Å². The summed E-state index contributed by atoms with van der Waals surface area (Å²) in [5, 5.41) is 20.8. The molecule has 1 atom stereocenters. The first-order valence-electron chi connectivity index (χ1n) is 7.66. The summed E-state index contributed by atoms with van der Waals surface area (Å²) in [4.78, 5) is 12.0. The van der Waals surface area contributed by atoms with Crippen molar-refractivity contribution in [3.05, 3.63) is 35.3 Å². The second-order valence-corrected chi connectivity index (χ2v) is 6.80. The van der Waals surface area contributed by atoms with Crippen molar-refractivity contribution in [2.75, 3.05) is 5.32 Å². The van der Waals surface area contributed by atoms with E-state index in [0.717, 1.165) is 17.1 Å². The zero-order valence-corrected chi connectivity index (χ0v) is 14.3. The monoisotopic (exact) mass is 316 g/mol. The molecule has 23 heavy (non-hydrogen) atoms. The fraction of sp³-hybridized carbons (Fsp3) is 0.500. The smallest absolute Gasteiger partial charge is 0.320 e. The Bertz CT molecular complexity index is 656. The van der Waals surface area contributed by atoms with Crippen LogP contribution in [0.25, 0.3) is 0 Å². The van der Waals surface area contributed by atoms with Gasteiger partial charge in [-0.3, -0.25) is 10.4 Å². The summed E-state index contributed by atoms with van der Waals surface area (Å²) in [5.74, 6) is 0.429. The molecule has 0 bridgehead atoms. The van der Waals surface area contributed by atoms with Crippen LogP contribution in [-0.2, 0) is 11.8 Å². The fourth-order valence-electron chi connectivity index (χ4n) is 2.12. The van der Waals surface area contributed by atoms with Crippen LogP contribution in [0.15, 0.2) is 18.2 Å². The first-order valence-corrected chi connectivity index (χ1v) is 7.66. The lowest BCUT2D eigenvalue weighted by atomic mass is 9.92. The molecule has 0 unspecified atom stereocenters. The van der Waals surface area contributed by atoms with Crippen molar-refractivity contribution in [3.8, 4) is 0 Å². The van der Waals surface area contributed by atoms with Crippen LogP contribution in [0.4, 0.5) is 10.6 Å². The normalized spacial score (nSPS) is 12.7. The Kier molecular flexibility index (Phi) is 4.98. The second-order valence-electron chi connectivity index (χ2n) is 6.80. The Morgan fingerprint density at radius 3 is 2.57 bits per heavy atom. The van der Waals surface area contributed by atoms with Gasteiger partial charge in [0.1, 0.15) is 0 Å². The number of carbonyl (C=O) groups is 1. The number of aromatic amines is 1. The molecule has 2 aromatic heterocycles. The quantitative estimate of drug-likeness (QED) is 0.807. The summed E-state index contributed by atoms with van der Waals surface area (Å²) >= 11 is 0. The standard InChI is InChI=1S/C16H24N6O/c1-10(8-12-9-11(2)19-20-12)17-15(23)18-14-7-6-13(21-22-14)16(3,4)5/h6-7,9-10H,8H2,1-5H3,(H,19,20)(H2,17,18,22,23)/t10-/m0/s1. The predicted molar refractivity (Wildman–Crippen MR) is 89.4 cm³/mol. The van der Waals surface area contributed by atoms with Gasteiger partial charge < -0.3 is 5.32 Å². The Labute approximate surface area is 136 Å². The molecule has 0 aliphatic carbocycles. The van der Waals surface area contributed by atoms with Gasteiger partial charge in [0.25, 0.3) is 0 Å². The molecule has 2 heterocycles. The minimum absolute atomic E-state index is 0.0421. The first-order chi connectivity index (χ1) is 10.7. The molecule has 0 aliphatic heterocycles. The van der Waals surface area contributed by atoms with Crippen LogP contribution in [0.2, 0.25) is 0 Å². The van der Waals surface area contributed by atoms with E-state index < -0.39 is 0 Å². The molecule has 0 fully saturated rings. The molecule has 0 aromatic carbocycles. The number of nitrogens with one attached hydrogen (secondary N) is 3. The molecular weight excluding hydrogens is 292 g/mol. The molecule has 2 amide bonds. The minimum Gasteiger partial charge on any atom is -0.335 e. The Hall–Kier alpha value is -2.44. The van der Waals surface area contributed by atoms with E-state index in [4.69, 9.17) is 0 Å². The van der Waals surface area contributed by atoms with Crippen molar-refractivity contribution in [1.29, 1.82) is 0 Å². The summed E-state index contributed by atoms with van der Waals surface area (Å²) in [6.07, 6.45) is 0.659. The highest BCUT2D eigenvalue weighted by Gasteiger charge is 2.16. The third-order valence-corrected chi connectivity index (χ3v) is 3.33. The van der Waals surface area contributed by atoms with Gasteiger partial charge in [0.2, 0.25) is 0 Å². The Morgan fingerprint density at radius 2 is 2.04 bits per heavy atom. The van der Waals surface area contributed by atoms with Gasteiger partial charge in [-0.15, -0.1) is 5.10 Å². The maximum Gasteiger partial charge on any atom is 0.320 e. The van der Waals surface area contributed by atoms with Crippen LogP contribution in [0.1, 0.15) is 44.8 Å². The van der Waals surface area contributed by atoms with Gasteiger partial charge in [-0.2, -0.15) is 10.2 Å². The number of rotatable bonds is 4. The van der Waals surface area contributed by atoms with E-state index >= 15 is 0 Å². The van der Waals surface area contributed by atoms with Gasteiger partial charge in [-0.05, 0) is 32.0 Å². The molecule has 0 saturated heterocycles. The Balaban J connectivity index is 1.86. The lowest BCUT2D eigenvalue weighted by molar-refractivity contribution is 0.249. The number of carbonyl (C=O) groups excluding carboxylic acids is 1. The molecule has 0 aliphatic rings. The molecule has 2 rings (SSSR count). The first kappa shape index (κ1) is 16.9. The average molecular weight is 316 g/mol. The number of anilines is 1. The minimum atomic E-state index is -0.303. The van der Waals surface area contributed by atoms with Gasteiger partial charge in [-0.25, -0.2) is 4.79 Å². The number of amides is 2. The van der Waals surface area contributed by atoms with Crippen LogP contribution >= 0.6 is 0 Å². The number of aromatic nitrogens is 4. The van der Waals surface area contributed by atoms with Crippen molar-refractivity contribution in [3.63, 3.8) is 0 Å². The Morgan fingerprint density at radius 1 is 1.30 bits per heavy atom. The maximum absolute atomic E-state index is 12.0. The number of H-pyrrole nitrogens is 1. The van der Waals surface area contributed by atoms with E-state index in [1.165, 1.54) is 0 Å². The molecule has 0 radical (unpaired) electrons. The topological polar surface area (TPSA) is 95.6 Å². The van der Waals surface area contributed by atoms with E-state index in [9.17, 15) is 4.79 Å².